The van der Waals surface area contributed by atoms with Crippen LogP contribution in [0.4, 0.5) is 0 Å². The highest BCUT2D eigenvalue weighted by Crippen LogP contribution is 2.34. The van der Waals surface area contributed by atoms with Crippen molar-refractivity contribution in [2.75, 3.05) is 14.2 Å². The van der Waals surface area contributed by atoms with E-state index in [2.05, 4.69) is 5.32 Å². The van der Waals surface area contributed by atoms with Crippen LogP contribution in [-0.2, 0) is 16.0 Å². The van der Waals surface area contributed by atoms with Gasteiger partial charge in [0, 0.05) is 6.42 Å². The minimum absolute atomic E-state index is 0.120. The van der Waals surface area contributed by atoms with Gasteiger partial charge >= 0.3 is 5.97 Å². The van der Waals surface area contributed by atoms with Crippen LogP contribution in [0.1, 0.15) is 44.6 Å². The number of rotatable bonds is 7. The molecule has 6 heteroatoms. The first kappa shape index (κ1) is 19.1. The second-order valence-corrected chi connectivity index (χ2v) is 6.79. The van der Waals surface area contributed by atoms with Crippen molar-refractivity contribution in [3.8, 4) is 11.5 Å². The van der Waals surface area contributed by atoms with Crippen molar-refractivity contribution >= 4 is 11.9 Å². The number of aryl methyl sites for hydroxylation is 1. The summed E-state index contributed by atoms with van der Waals surface area (Å²) < 4.78 is 10.5. The Balaban J connectivity index is 1.97. The number of hydrogen-bond acceptors (Lipinski definition) is 4. The summed E-state index contributed by atoms with van der Waals surface area (Å²) in [6, 6.07) is 5.57. The molecule has 138 valence electrons. The average Bonchev–Trinajstić information content (AvgIpc) is 2.59. The molecule has 6 nitrogen and oxygen atoms in total. The Morgan fingerprint density at radius 2 is 1.96 bits per heavy atom. The topological polar surface area (TPSA) is 84.9 Å². The van der Waals surface area contributed by atoms with Crippen molar-refractivity contribution in [3.63, 3.8) is 0 Å². The van der Waals surface area contributed by atoms with E-state index in [0.29, 0.717) is 37.2 Å². The smallest absolute Gasteiger partial charge is 0.308 e. The molecule has 1 fully saturated rings. The van der Waals surface area contributed by atoms with E-state index in [1.165, 1.54) is 0 Å². The number of nitrogens with one attached hydrogen (secondary N) is 1. The van der Waals surface area contributed by atoms with E-state index < -0.39 is 17.4 Å². The van der Waals surface area contributed by atoms with Gasteiger partial charge in [-0.1, -0.05) is 18.9 Å². The number of benzene rings is 1. The van der Waals surface area contributed by atoms with Crippen LogP contribution in [0.2, 0.25) is 0 Å². The van der Waals surface area contributed by atoms with Gasteiger partial charge in [-0.3, -0.25) is 9.59 Å². The predicted octanol–water partition coefficient (Wildman–Crippen LogP) is 2.79. The van der Waals surface area contributed by atoms with Crippen LogP contribution in [0.15, 0.2) is 18.2 Å². The normalized spacial score (nSPS) is 22.9. The zero-order valence-electron chi connectivity index (χ0n) is 15.1. The fraction of sp³-hybridized carbons (Fsp3) is 0.579. The summed E-state index contributed by atoms with van der Waals surface area (Å²) in [5, 5.41) is 12.4. The SMILES string of the molecule is COc1ccc(CCC(=O)NC2(C)CCCCC2C(=O)O)cc1OC. The van der Waals surface area contributed by atoms with Crippen LogP contribution in [0.3, 0.4) is 0 Å². The number of carbonyl (C=O) groups excluding carboxylic acids is 1. The molecule has 1 aromatic carbocycles. The van der Waals surface area contributed by atoms with Gasteiger partial charge in [0.05, 0.1) is 25.7 Å². The Morgan fingerprint density at radius 3 is 2.60 bits per heavy atom. The van der Waals surface area contributed by atoms with Crippen LogP contribution in [0, 0.1) is 5.92 Å². The van der Waals surface area contributed by atoms with Gasteiger partial charge in [-0.05, 0) is 43.9 Å². The van der Waals surface area contributed by atoms with E-state index in [9.17, 15) is 14.7 Å². The van der Waals surface area contributed by atoms with Crippen molar-refractivity contribution in [3.05, 3.63) is 23.8 Å². The minimum atomic E-state index is -0.831. The zero-order chi connectivity index (χ0) is 18.4. The molecule has 0 radical (unpaired) electrons. The van der Waals surface area contributed by atoms with E-state index >= 15 is 0 Å². The van der Waals surface area contributed by atoms with Crippen molar-refractivity contribution in [2.24, 2.45) is 5.92 Å². The van der Waals surface area contributed by atoms with Gasteiger partial charge < -0.3 is 19.9 Å². The Labute approximate surface area is 148 Å². The third-order valence-electron chi connectivity index (χ3n) is 5.02. The quantitative estimate of drug-likeness (QED) is 0.791. The molecule has 0 aliphatic heterocycles. The molecule has 2 unspecified atom stereocenters. The number of amides is 1. The van der Waals surface area contributed by atoms with Crippen LogP contribution in [-0.4, -0.2) is 36.7 Å². The maximum Gasteiger partial charge on any atom is 0.308 e. The molecule has 1 amide bonds. The fourth-order valence-electron chi connectivity index (χ4n) is 3.55. The number of aliphatic carboxylic acids is 1. The first-order valence-corrected chi connectivity index (χ1v) is 8.64. The molecule has 0 spiro atoms. The van der Waals surface area contributed by atoms with E-state index in [-0.39, 0.29) is 5.91 Å². The fourth-order valence-corrected chi connectivity index (χ4v) is 3.55. The lowest BCUT2D eigenvalue weighted by molar-refractivity contribution is -0.146. The van der Waals surface area contributed by atoms with Crippen LogP contribution in [0.5, 0.6) is 11.5 Å². The highest BCUT2D eigenvalue weighted by atomic mass is 16.5. The summed E-state index contributed by atoms with van der Waals surface area (Å²) in [5.41, 5.74) is 0.301. The number of carboxylic acids is 1. The van der Waals surface area contributed by atoms with E-state index in [4.69, 9.17) is 9.47 Å². The first-order valence-electron chi connectivity index (χ1n) is 8.64. The maximum absolute atomic E-state index is 12.4. The zero-order valence-corrected chi connectivity index (χ0v) is 15.1. The highest BCUT2D eigenvalue weighted by molar-refractivity contribution is 5.79. The lowest BCUT2D eigenvalue weighted by Crippen LogP contribution is -2.55. The minimum Gasteiger partial charge on any atom is -0.493 e. The molecule has 1 aromatic rings. The first-order chi connectivity index (χ1) is 11.9. The van der Waals surface area contributed by atoms with Gasteiger partial charge in [-0.25, -0.2) is 0 Å². The summed E-state index contributed by atoms with van der Waals surface area (Å²) in [6.45, 7) is 1.85. The molecular formula is C19H27NO5. The van der Waals surface area contributed by atoms with Gasteiger partial charge in [-0.15, -0.1) is 0 Å². The van der Waals surface area contributed by atoms with Crippen LogP contribution in [0.25, 0.3) is 0 Å². The molecule has 1 saturated carbocycles. The van der Waals surface area contributed by atoms with E-state index in [1.807, 2.05) is 25.1 Å². The lowest BCUT2D eigenvalue weighted by Gasteiger charge is -2.39. The molecule has 2 rings (SSSR count). The number of carboxylic acid groups (broad SMARTS) is 1. The molecule has 1 aliphatic rings. The van der Waals surface area contributed by atoms with Crippen molar-refractivity contribution < 1.29 is 24.2 Å². The molecule has 0 aromatic heterocycles. The second-order valence-electron chi connectivity index (χ2n) is 6.79. The van der Waals surface area contributed by atoms with Crippen LogP contribution < -0.4 is 14.8 Å². The van der Waals surface area contributed by atoms with E-state index in [0.717, 1.165) is 18.4 Å². The van der Waals surface area contributed by atoms with E-state index in [1.54, 1.807) is 14.2 Å². The molecule has 0 bridgehead atoms. The summed E-state index contributed by atoms with van der Waals surface area (Å²) in [6.07, 6.45) is 4.01. The molecule has 2 atom stereocenters. The lowest BCUT2D eigenvalue weighted by atomic mass is 9.74. The Hall–Kier alpha value is -2.24. The largest absolute Gasteiger partial charge is 0.493 e. The number of methoxy groups -OCH3 is 2. The van der Waals surface area contributed by atoms with Crippen molar-refractivity contribution in [1.29, 1.82) is 0 Å². The Bertz CT molecular complexity index is 630. The molecule has 2 N–H and O–H groups in total. The summed E-state index contributed by atoms with van der Waals surface area (Å²) in [5.74, 6) is -0.195. The van der Waals surface area contributed by atoms with Gasteiger partial charge in [0.15, 0.2) is 11.5 Å². The Kier molecular flexibility index (Phi) is 6.28. The number of hydrogen-bond donors (Lipinski definition) is 2. The summed E-state index contributed by atoms with van der Waals surface area (Å²) >= 11 is 0. The maximum atomic E-state index is 12.4. The summed E-state index contributed by atoms with van der Waals surface area (Å²) in [4.78, 5) is 23.9. The predicted molar refractivity (Wildman–Crippen MR) is 94.0 cm³/mol. The number of carbonyl (C=O) groups is 2. The second kappa shape index (κ2) is 8.23. The Morgan fingerprint density at radius 1 is 1.24 bits per heavy atom. The van der Waals surface area contributed by atoms with Gasteiger partial charge in [0.2, 0.25) is 5.91 Å². The standard InChI is InChI=1S/C19H27NO5/c1-19(11-5-4-6-14(19)18(22)23)20-17(21)10-8-13-7-9-15(24-2)16(12-13)25-3/h7,9,12,14H,4-6,8,10-11H2,1-3H3,(H,20,21)(H,22,23). The third kappa shape index (κ3) is 4.65. The number of ether oxygens (including phenoxy) is 2. The molecule has 25 heavy (non-hydrogen) atoms. The molecule has 0 saturated heterocycles. The molecule has 0 heterocycles. The molecule has 1 aliphatic carbocycles. The van der Waals surface area contributed by atoms with Gasteiger partial charge in [0.25, 0.3) is 0 Å². The van der Waals surface area contributed by atoms with Crippen molar-refractivity contribution in [2.45, 2.75) is 51.0 Å². The summed E-state index contributed by atoms with van der Waals surface area (Å²) in [7, 11) is 3.15. The van der Waals surface area contributed by atoms with Crippen molar-refractivity contribution in [1.82, 2.24) is 5.32 Å². The average molecular weight is 349 g/mol. The monoisotopic (exact) mass is 349 g/mol. The van der Waals surface area contributed by atoms with Gasteiger partial charge in [0.1, 0.15) is 0 Å². The molecular weight excluding hydrogens is 322 g/mol. The van der Waals surface area contributed by atoms with Gasteiger partial charge in [-0.2, -0.15) is 0 Å². The van der Waals surface area contributed by atoms with Crippen LogP contribution >= 0.6 is 0 Å². The highest BCUT2D eigenvalue weighted by Gasteiger charge is 2.41. The third-order valence-corrected chi connectivity index (χ3v) is 5.02.